The zero-order chi connectivity index (χ0) is 18.4. The lowest BCUT2D eigenvalue weighted by molar-refractivity contribution is -0.146. The topological polar surface area (TPSA) is 131 Å². The second-order valence-corrected chi connectivity index (χ2v) is 5.46. The van der Waals surface area contributed by atoms with Crippen molar-refractivity contribution >= 4 is 29.1 Å². The Bertz CT molecular complexity index is 742. The highest BCUT2D eigenvalue weighted by atomic mass is 16.5. The third-order valence-electron chi connectivity index (χ3n) is 3.47. The van der Waals surface area contributed by atoms with Crippen LogP contribution in [-0.2, 0) is 25.6 Å². The Kier molecular flexibility index (Phi) is 6.09. The SMILES string of the molecule is COc1nc(N)nc2ncn(CCC(COC(C)=O)COC(C)=O)c12. The fourth-order valence-electron chi connectivity index (χ4n) is 2.28. The van der Waals surface area contributed by atoms with Gasteiger partial charge in [0, 0.05) is 26.3 Å². The van der Waals surface area contributed by atoms with Gasteiger partial charge in [0.2, 0.25) is 11.8 Å². The maximum Gasteiger partial charge on any atom is 0.302 e. The Morgan fingerprint density at radius 2 is 1.84 bits per heavy atom. The highest BCUT2D eigenvalue weighted by Crippen LogP contribution is 2.23. The van der Waals surface area contributed by atoms with E-state index in [1.807, 2.05) is 4.57 Å². The van der Waals surface area contributed by atoms with E-state index in [9.17, 15) is 9.59 Å². The molecular weight excluding hydrogens is 330 g/mol. The van der Waals surface area contributed by atoms with Crippen LogP contribution in [0, 0.1) is 5.92 Å². The van der Waals surface area contributed by atoms with Gasteiger partial charge in [0.15, 0.2) is 11.2 Å². The summed E-state index contributed by atoms with van der Waals surface area (Å²) in [5.41, 5.74) is 6.67. The highest BCUT2D eigenvalue weighted by Gasteiger charge is 2.17. The molecule has 0 aliphatic heterocycles. The second kappa shape index (κ2) is 8.27. The highest BCUT2D eigenvalue weighted by molar-refractivity contribution is 5.77. The first-order valence-electron chi connectivity index (χ1n) is 7.69. The van der Waals surface area contributed by atoms with Gasteiger partial charge in [-0.15, -0.1) is 0 Å². The lowest BCUT2D eigenvalue weighted by atomic mass is 10.1. The van der Waals surface area contributed by atoms with Crippen molar-refractivity contribution in [2.45, 2.75) is 26.8 Å². The molecule has 0 aliphatic carbocycles. The third kappa shape index (κ3) is 5.03. The minimum atomic E-state index is -0.383. The molecule has 0 spiro atoms. The molecule has 0 saturated carbocycles. The second-order valence-electron chi connectivity index (χ2n) is 5.46. The summed E-state index contributed by atoms with van der Waals surface area (Å²) in [6.45, 7) is 3.51. The van der Waals surface area contributed by atoms with Crippen molar-refractivity contribution in [1.29, 1.82) is 0 Å². The molecule has 2 aromatic heterocycles. The van der Waals surface area contributed by atoms with E-state index >= 15 is 0 Å². The van der Waals surface area contributed by atoms with Gasteiger partial charge in [-0.05, 0) is 6.42 Å². The van der Waals surface area contributed by atoms with Crippen molar-refractivity contribution in [1.82, 2.24) is 19.5 Å². The molecule has 136 valence electrons. The number of hydrogen-bond acceptors (Lipinski definition) is 9. The molecule has 10 nitrogen and oxygen atoms in total. The van der Waals surface area contributed by atoms with Crippen molar-refractivity contribution in [2.24, 2.45) is 5.92 Å². The van der Waals surface area contributed by atoms with Crippen LogP contribution in [-0.4, -0.2) is 51.8 Å². The fourth-order valence-corrected chi connectivity index (χ4v) is 2.28. The molecule has 2 aromatic rings. The smallest absolute Gasteiger partial charge is 0.302 e. The molecule has 0 saturated heterocycles. The molecule has 10 heteroatoms. The quantitative estimate of drug-likeness (QED) is 0.677. The minimum Gasteiger partial charge on any atom is -0.479 e. The number of nitrogens with zero attached hydrogens (tertiary/aromatic N) is 4. The molecule has 0 atom stereocenters. The molecule has 2 N–H and O–H groups in total. The fraction of sp³-hybridized carbons (Fsp3) is 0.533. The van der Waals surface area contributed by atoms with E-state index in [-0.39, 0.29) is 37.0 Å². The lowest BCUT2D eigenvalue weighted by Crippen LogP contribution is -2.21. The first-order valence-corrected chi connectivity index (χ1v) is 7.69. The molecule has 0 aliphatic rings. The summed E-state index contributed by atoms with van der Waals surface area (Å²) in [6.07, 6.45) is 2.19. The normalized spacial score (nSPS) is 10.9. The average molecular weight is 351 g/mol. The summed E-state index contributed by atoms with van der Waals surface area (Å²) in [4.78, 5) is 34.3. The number of hydrogen-bond donors (Lipinski definition) is 1. The van der Waals surface area contributed by atoms with Crippen molar-refractivity contribution in [3.05, 3.63) is 6.33 Å². The zero-order valence-electron chi connectivity index (χ0n) is 14.4. The number of methoxy groups -OCH3 is 1. The van der Waals surface area contributed by atoms with E-state index in [1.54, 1.807) is 6.33 Å². The van der Waals surface area contributed by atoms with Gasteiger partial charge in [0.25, 0.3) is 0 Å². The molecule has 0 aromatic carbocycles. The predicted molar refractivity (Wildman–Crippen MR) is 87.7 cm³/mol. The van der Waals surface area contributed by atoms with E-state index < -0.39 is 0 Å². The number of aromatic nitrogens is 4. The lowest BCUT2D eigenvalue weighted by Gasteiger charge is -2.17. The molecule has 0 fully saturated rings. The number of rotatable bonds is 8. The van der Waals surface area contributed by atoms with Crippen molar-refractivity contribution in [3.8, 4) is 5.88 Å². The van der Waals surface area contributed by atoms with Gasteiger partial charge in [-0.25, -0.2) is 4.98 Å². The van der Waals surface area contributed by atoms with Gasteiger partial charge in [0.05, 0.1) is 26.7 Å². The van der Waals surface area contributed by atoms with E-state index in [2.05, 4.69) is 15.0 Å². The largest absolute Gasteiger partial charge is 0.479 e. The number of nitrogens with two attached hydrogens (primary N) is 1. The molecular formula is C15H21N5O5. The molecule has 0 bridgehead atoms. The van der Waals surface area contributed by atoms with Gasteiger partial charge in [-0.1, -0.05) is 0 Å². The number of imidazole rings is 1. The first kappa shape index (κ1) is 18.4. The van der Waals surface area contributed by atoms with Gasteiger partial charge in [0.1, 0.15) is 0 Å². The summed E-state index contributed by atoms with van der Waals surface area (Å²) >= 11 is 0. The Labute approximate surface area is 144 Å². The molecule has 0 unspecified atom stereocenters. The standard InChI is InChI=1S/C15H21N5O5/c1-9(21)24-6-11(7-25-10(2)22)4-5-20-8-17-13-12(20)14(23-3)19-15(16)18-13/h8,11H,4-7H2,1-3H3,(H2,16,18,19). The van der Waals surface area contributed by atoms with Crippen LogP contribution in [0.1, 0.15) is 20.3 Å². The summed E-state index contributed by atoms with van der Waals surface area (Å²) in [7, 11) is 1.49. The van der Waals surface area contributed by atoms with Crippen molar-refractivity contribution < 1.29 is 23.8 Å². The van der Waals surface area contributed by atoms with Gasteiger partial charge in [-0.2, -0.15) is 9.97 Å². The zero-order valence-corrected chi connectivity index (χ0v) is 14.4. The van der Waals surface area contributed by atoms with Gasteiger partial charge >= 0.3 is 11.9 Å². The first-order chi connectivity index (χ1) is 11.9. The number of ether oxygens (including phenoxy) is 3. The molecule has 2 rings (SSSR count). The Morgan fingerprint density at radius 1 is 1.20 bits per heavy atom. The molecule has 0 amide bonds. The predicted octanol–water partition coefficient (Wildman–Crippen LogP) is 0.550. The maximum atomic E-state index is 11.0. The third-order valence-corrected chi connectivity index (χ3v) is 3.47. The van der Waals surface area contributed by atoms with Crippen molar-refractivity contribution in [3.63, 3.8) is 0 Å². The number of carbonyl (C=O) groups excluding carboxylic acids is 2. The van der Waals surface area contributed by atoms with E-state index in [0.29, 0.717) is 30.0 Å². The van der Waals surface area contributed by atoms with Crippen LogP contribution in [0.2, 0.25) is 0 Å². The Hall–Kier alpha value is -2.91. The van der Waals surface area contributed by atoms with Crippen LogP contribution in [0.4, 0.5) is 5.95 Å². The maximum absolute atomic E-state index is 11.0. The number of nitrogen functional groups attached to an aromatic ring is 1. The number of fused-ring (bicyclic) bond motifs is 1. The average Bonchev–Trinajstić information content (AvgIpc) is 2.95. The van der Waals surface area contributed by atoms with Crippen molar-refractivity contribution in [2.75, 3.05) is 26.1 Å². The summed E-state index contributed by atoms with van der Waals surface area (Å²) < 4.78 is 17.1. The monoisotopic (exact) mass is 351 g/mol. The van der Waals surface area contributed by atoms with Crippen LogP contribution < -0.4 is 10.5 Å². The van der Waals surface area contributed by atoms with Crippen LogP contribution in [0.15, 0.2) is 6.33 Å². The van der Waals surface area contributed by atoms with Gasteiger partial charge in [-0.3, -0.25) is 9.59 Å². The summed E-state index contributed by atoms with van der Waals surface area (Å²) in [5, 5.41) is 0. The minimum absolute atomic E-state index is 0.0807. The van der Waals surface area contributed by atoms with E-state index in [1.165, 1.54) is 21.0 Å². The van der Waals surface area contributed by atoms with Gasteiger partial charge < -0.3 is 24.5 Å². The number of aryl methyl sites for hydroxylation is 1. The number of carbonyl (C=O) groups is 2. The van der Waals surface area contributed by atoms with Crippen LogP contribution in [0.5, 0.6) is 5.88 Å². The number of esters is 2. The van der Waals surface area contributed by atoms with Crippen LogP contribution in [0.25, 0.3) is 11.2 Å². The molecule has 25 heavy (non-hydrogen) atoms. The molecule has 2 heterocycles. The van der Waals surface area contributed by atoms with Crippen LogP contribution in [0.3, 0.4) is 0 Å². The summed E-state index contributed by atoms with van der Waals surface area (Å²) in [5.74, 6) is -0.502. The Morgan fingerprint density at radius 3 is 2.40 bits per heavy atom. The number of anilines is 1. The Balaban J connectivity index is 2.11. The summed E-state index contributed by atoms with van der Waals surface area (Å²) in [6, 6.07) is 0. The molecule has 0 radical (unpaired) electrons. The van der Waals surface area contributed by atoms with E-state index in [0.717, 1.165) is 0 Å². The van der Waals surface area contributed by atoms with E-state index in [4.69, 9.17) is 19.9 Å². The van der Waals surface area contributed by atoms with Crippen LogP contribution >= 0.6 is 0 Å².